The zero-order chi connectivity index (χ0) is 11.2. The first-order valence-corrected chi connectivity index (χ1v) is 6.05. The van der Waals surface area contributed by atoms with Crippen LogP contribution in [0.1, 0.15) is 0 Å². The Kier molecular flexibility index (Phi) is 2.38. The molecular weight excluding hydrogens is 261 g/mol. The van der Waals surface area contributed by atoms with Gasteiger partial charge in [0.25, 0.3) is 10.0 Å². The lowest BCUT2D eigenvalue weighted by molar-refractivity contribution is 0.593. The maximum Gasteiger partial charge on any atom is 0.255 e. The van der Waals surface area contributed by atoms with Crippen LogP contribution < -0.4 is 5.14 Å². The number of sulfonamides is 1. The lowest BCUT2D eigenvalue weighted by Crippen LogP contribution is -2.14. The van der Waals surface area contributed by atoms with Gasteiger partial charge in [-0.2, -0.15) is 0 Å². The van der Waals surface area contributed by atoms with E-state index in [0.29, 0.717) is 10.7 Å². The van der Waals surface area contributed by atoms with Crippen LogP contribution in [-0.4, -0.2) is 17.8 Å². The van der Waals surface area contributed by atoms with Crippen molar-refractivity contribution in [3.63, 3.8) is 0 Å². The van der Waals surface area contributed by atoms with Crippen LogP contribution in [0.2, 0.25) is 10.0 Å². The lowest BCUT2D eigenvalue weighted by atomic mass is 10.5. The molecule has 5 nitrogen and oxygen atoms in total. The van der Waals surface area contributed by atoms with E-state index in [4.69, 9.17) is 28.3 Å². The van der Waals surface area contributed by atoms with E-state index in [-0.39, 0.29) is 10.0 Å². The van der Waals surface area contributed by atoms with Crippen molar-refractivity contribution in [2.45, 2.75) is 5.03 Å². The van der Waals surface area contributed by atoms with Gasteiger partial charge >= 0.3 is 0 Å². The molecule has 2 aromatic heterocycles. The minimum Gasteiger partial charge on any atom is -0.287 e. The predicted octanol–water partition coefficient (Wildman–Crippen LogP) is 1.29. The Morgan fingerprint density at radius 3 is 2.67 bits per heavy atom. The number of nitrogens with two attached hydrogens (primary N) is 1. The Labute approximate surface area is 95.5 Å². The minimum absolute atomic E-state index is 0.151. The molecule has 15 heavy (non-hydrogen) atoms. The van der Waals surface area contributed by atoms with Crippen molar-refractivity contribution in [3.05, 3.63) is 28.5 Å². The molecule has 0 saturated carbocycles. The number of hydrogen-bond donors (Lipinski definition) is 1. The summed E-state index contributed by atoms with van der Waals surface area (Å²) >= 11 is 11.6. The molecule has 2 rings (SSSR count). The first-order valence-electron chi connectivity index (χ1n) is 3.74. The molecular formula is C7H5Cl2N3O2S. The number of nitrogens with zero attached hydrogens (tertiary/aromatic N) is 2. The van der Waals surface area contributed by atoms with Crippen LogP contribution in [0.3, 0.4) is 0 Å². The van der Waals surface area contributed by atoms with Gasteiger partial charge in [0.15, 0.2) is 10.7 Å². The van der Waals surface area contributed by atoms with E-state index in [1.54, 1.807) is 0 Å². The average molecular weight is 266 g/mol. The Balaban J connectivity index is 2.92. The van der Waals surface area contributed by atoms with Crippen molar-refractivity contribution in [3.8, 4) is 0 Å². The van der Waals surface area contributed by atoms with Crippen molar-refractivity contribution >= 4 is 38.9 Å². The molecule has 0 amide bonds. The standard InChI is InChI=1S/C7H5Cl2N3O2S/c8-4-1-5(9)7-11-2-6(12(7)3-4)15(10,13)14/h1-3H,(H2,10,13,14). The third-order valence-corrected chi connectivity index (χ3v) is 3.16. The van der Waals surface area contributed by atoms with Gasteiger partial charge in [-0.15, -0.1) is 0 Å². The zero-order valence-electron chi connectivity index (χ0n) is 7.18. The van der Waals surface area contributed by atoms with Crippen molar-refractivity contribution in [1.82, 2.24) is 9.38 Å². The third-order valence-electron chi connectivity index (χ3n) is 1.79. The number of imidazole rings is 1. The van der Waals surface area contributed by atoms with Gasteiger partial charge in [-0.25, -0.2) is 18.5 Å². The van der Waals surface area contributed by atoms with Gasteiger partial charge in [0.2, 0.25) is 0 Å². The Bertz CT molecular complexity index is 635. The summed E-state index contributed by atoms with van der Waals surface area (Å²) in [4.78, 5) is 3.84. The number of aromatic nitrogens is 2. The van der Waals surface area contributed by atoms with E-state index >= 15 is 0 Å². The molecule has 0 saturated heterocycles. The number of pyridine rings is 1. The molecule has 0 unspecified atom stereocenters. The van der Waals surface area contributed by atoms with Gasteiger partial charge < -0.3 is 0 Å². The largest absolute Gasteiger partial charge is 0.287 e. The monoisotopic (exact) mass is 265 g/mol. The molecule has 0 aliphatic heterocycles. The van der Waals surface area contributed by atoms with E-state index in [1.165, 1.54) is 16.7 Å². The number of halogens is 2. The fourth-order valence-electron chi connectivity index (χ4n) is 1.20. The summed E-state index contributed by atoms with van der Waals surface area (Å²) in [5.41, 5.74) is 0.296. The van der Waals surface area contributed by atoms with Gasteiger partial charge in [0.1, 0.15) is 0 Å². The lowest BCUT2D eigenvalue weighted by Gasteiger charge is -2.00. The molecule has 8 heteroatoms. The van der Waals surface area contributed by atoms with E-state index in [0.717, 1.165) is 6.20 Å². The number of hydrogen-bond acceptors (Lipinski definition) is 3. The van der Waals surface area contributed by atoms with Crippen LogP contribution in [0.4, 0.5) is 0 Å². The van der Waals surface area contributed by atoms with Crippen LogP contribution in [0.25, 0.3) is 5.65 Å². The summed E-state index contributed by atoms with van der Waals surface area (Å²) in [5.74, 6) is 0. The normalized spacial score (nSPS) is 12.2. The van der Waals surface area contributed by atoms with E-state index in [2.05, 4.69) is 4.98 Å². The summed E-state index contributed by atoms with van der Waals surface area (Å²) in [6, 6.07) is 1.47. The first-order chi connectivity index (χ1) is 6.89. The van der Waals surface area contributed by atoms with E-state index in [9.17, 15) is 8.42 Å². The smallest absolute Gasteiger partial charge is 0.255 e. The van der Waals surface area contributed by atoms with Gasteiger partial charge in [-0.1, -0.05) is 23.2 Å². The fourth-order valence-corrected chi connectivity index (χ4v) is 2.34. The van der Waals surface area contributed by atoms with Crippen LogP contribution in [0, 0.1) is 0 Å². The van der Waals surface area contributed by atoms with Crippen LogP contribution in [-0.2, 0) is 10.0 Å². The topological polar surface area (TPSA) is 77.5 Å². The fraction of sp³-hybridized carbons (Fsp3) is 0. The Hall–Kier alpha value is -0.820. The number of primary sulfonamides is 1. The summed E-state index contributed by atoms with van der Waals surface area (Å²) < 4.78 is 23.6. The van der Waals surface area contributed by atoms with Gasteiger partial charge in [0, 0.05) is 6.20 Å². The van der Waals surface area contributed by atoms with E-state index < -0.39 is 10.0 Å². The summed E-state index contributed by atoms with van der Waals surface area (Å²) in [5, 5.41) is 5.40. The van der Waals surface area contributed by atoms with Crippen molar-refractivity contribution < 1.29 is 8.42 Å². The average Bonchev–Trinajstić information content (AvgIpc) is 2.45. The molecule has 2 N–H and O–H groups in total. The minimum atomic E-state index is -3.84. The number of rotatable bonds is 1. The molecule has 0 fully saturated rings. The maximum absolute atomic E-state index is 11.2. The first kappa shape index (κ1) is 10.7. The molecule has 2 aromatic rings. The van der Waals surface area contributed by atoms with Crippen LogP contribution in [0.15, 0.2) is 23.5 Å². The van der Waals surface area contributed by atoms with Gasteiger partial charge in [-0.3, -0.25) is 4.40 Å². The molecule has 0 radical (unpaired) electrons. The molecule has 80 valence electrons. The van der Waals surface area contributed by atoms with Crippen molar-refractivity contribution in [2.75, 3.05) is 0 Å². The molecule has 0 aliphatic rings. The third kappa shape index (κ3) is 1.81. The highest BCUT2D eigenvalue weighted by atomic mass is 35.5. The highest BCUT2D eigenvalue weighted by Crippen LogP contribution is 2.23. The van der Waals surface area contributed by atoms with Crippen LogP contribution >= 0.6 is 23.2 Å². The molecule has 2 heterocycles. The Morgan fingerprint density at radius 1 is 1.40 bits per heavy atom. The summed E-state index contributed by atoms with van der Waals surface area (Å²) in [6.07, 6.45) is 2.52. The van der Waals surface area contributed by atoms with Gasteiger partial charge in [0.05, 0.1) is 16.2 Å². The predicted molar refractivity (Wildman–Crippen MR) is 56.6 cm³/mol. The van der Waals surface area contributed by atoms with E-state index in [1.807, 2.05) is 0 Å². The maximum atomic E-state index is 11.2. The molecule has 0 atom stereocenters. The molecule has 0 bridgehead atoms. The molecule has 0 aliphatic carbocycles. The second-order valence-corrected chi connectivity index (χ2v) is 5.19. The highest BCUT2D eigenvalue weighted by molar-refractivity contribution is 7.89. The quantitative estimate of drug-likeness (QED) is 0.844. The van der Waals surface area contributed by atoms with Crippen molar-refractivity contribution in [2.24, 2.45) is 5.14 Å². The highest BCUT2D eigenvalue weighted by Gasteiger charge is 2.16. The second-order valence-electron chi connectivity index (χ2n) is 2.84. The van der Waals surface area contributed by atoms with Crippen molar-refractivity contribution in [1.29, 1.82) is 0 Å². The van der Waals surface area contributed by atoms with Crippen LogP contribution in [0.5, 0.6) is 0 Å². The molecule has 0 aromatic carbocycles. The SMILES string of the molecule is NS(=O)(=O)c1cnc2c(Cl)cc(Cl)cn12. The number of fused-ring (bicyclic) bond motifs is 1. The molecule has 0 spiro atoms. The summed E-state index contributed by atoms with van der Waals surface area (Å²) in [6.45, 7) is 0. The van der Waals surface area contributed by atoms with Gasteiger partial charge in [-0.05, 0) is 6.07 Å². The second kappa shape index (κ2) is 3.34. The summed E-state index contributed by atoms with van der Waals surface area (Å²) in [7, 11) is -3.84. The zero-order valence-corrected chi connectivity index (χ0v) is 9.51. The Morgan fingerprint density at radius 2 is 2.07 bits per heavy atom.